The third kappa shape index (κ3) is 4.58. The molecule has 21 heavy (non-hydrogen) atoms. The summed E-state index contributed by atoms with van der Waals surface area (Å²) in [5.41, 5.74) is 0.784. The van der Waals surface area contributed by atoms with Crippen molar-refractivity contribution >= 4 is 11.6 Å². The molecule has 0 spiro atoms. The standard InChI is InChI=1S/C16H24ClNO3/c1-11(2)18-6-7-20-14(9-18)10-21-16-5-4-13(12(3)19)8-15(16)17/h4-5,8,11-12,14,19H,6-7,9-10H2,1-3H3/t12-,14?/m0/s1. The van der Waals surface area contributed by atoms with Gasteiger partial charge in [-0.2, -0.15) is 0 Å². The minimum atomic E-state index is -0.530. The summed E-state index contributed by atoms with van der Waals surface area (Å²) in [6, 6.07) is 5.89. The molecule has 1 aliphatic heterocycles. The first-order chi connectivity index (χ1) is 9.97. The summed E-state index contributed by atoms with van der Waals surface area (Å²) >= 11 is 6.18. The highest BCUT2D eigenvalue weighted by atomic mass is 35.5. The summed E-state index contributed by atoms with van der Waals surface area (Å²) in [6.45, 7) is 9.16. The first-order valence-corrected chi connectivity index (χ1v) is 7.81. The van der Waals surface area contributed by atoms with Gasteiger partial charge in [0.25, 0.3) is 0 Å². The zero-order valence-electron chi connectivity index (χ0n) is 12.9. The fourth-order valence-electron chi connectivity index (χ4n) is 2.39. The molecule has 0 saturated carbocycles. The first kappa shape index (κ1) is 16.6. The maximum atomic E-state index is 9.53. The molecule has 0 bridgehead atoms. The number of halogens is 1. The van der Waals surface area contributed by atoms with Crippen LogP contribution in [0, 0.1) is 0 Å². The van der Waals surface area contributed by atoms with Crippen LogP contribution >= 0.6 is 11.6 Å². The molecule has 5 heteroatoms. The van der Waals surface area contributed by atoms with Crippen LogP contribution in [-0.2, 0) is 4.74 Å². The van der Waals surface area contributed by atoms with Gasteiger partial charge in [-0.05, 0) is 38.5 Å². The average molecular weight is 314 g/mol. The molecule has 1 heterocycles. The SMILES string of the molecule is CC(C)N1CCOC(COc2ccc([C@H](C)O)cc2Cl)C1. The molecule has 0 aliphatic carbocycles. The smallest absolute Gasteiger partial charge is 0.138 e. The van der Waals surface area contributed by atoms with Gasteiger partial charge in [-0.15, -0.1) is 0 Å². The monoisotopic (exact) mass is 313 g/mol. The van der Waals surface area contributed by atoms with Crippen molar-refractivity contribution in [2.24, 2.45) is 0 Å². The maximum Gasteiger partial charge on any atom is 0.138 e. The molecule has 0 amide bonds. The van der Waals surface area contributed by atoms with E-state index < -0.39 is 6.10 Å². The van der Waals surface area contributed by atoms with Gasteiger partial charge in [-0.3, -0.25) is 4.90 Å². The van der Waals surface area contributed by atoms with E-state index in [1.54, 1.807) is 19.1 Å². The van der Waals surface area contributed by atoms with E-state index in [1.165, 1.54) is 0 Å². The van der Waals surface area contributed by atoms with Crippen LogP contribution in [0.3, 0.4) is 0 Å². The molecule has 1 aromatic rings. The lowest BCUT2D eigenvalue weighted by Crippen LogP contribution is -2.47. The second kappa shape index (κ2) is 7.45. The molecule has 1 aliphatic rings. The van der Waals surface area contributed by atoms with Crippen molar-refractivity contribution in [2.45, 2.75) is 39.0 Å². The number of benzene rings is 1. The van der Waals surface area contributed by atoms with E-state index in [9.17, 15) is 5.11 Å². The maximum absolute atomic E-state index is 9.53. The normalized spacial score (nSPS) is 21.5. The van der Waals surface area contributed by atoms with Gasteiger partial charge in [-0.1, -0.05) is 17.7 Å². The van der Waals surface area contributed by atoms with Crippen LogP contribution in [0.2, 0.25) is 5.02 Å². The Morgan fingerprint density at radius 1 is 1.43 bits per heavy atom. The van der Waals surface area contributed by atoms with Crippen LogP contribution < -0.4 is 4.74 Å². The number of rotatable bonds is 5. The first-order valence-electron chi connectivity index (χ1n) is 7.43. The summed E-state index contributed by atoms with van der Waals surface area (Å²) in [7, 11) is 0. The topological polar surface area (TPSA) is 41.9 Å². The molecule has 1 aromatic carbocycles. The number of aliphatic hydroxyl groups excluding tert-OH is 1. The van der Waals surface area contributed by atoms with Crippen LogP contribution in [0.4, 0.5) is 0 Å². The van der Waals surface area contributed by atoms with Crippen LogP contribution in [0.1, 0.15) is 32.4 Å². The molecule has 1 fully saturated rings. The quantitative estimate of drug-likeness (QED) is 0.907. The lowest BCUT2D eigenvalue weighted by molar-refractivity contribution is -0.0564. The van der Waals surface area contributed by atoms with Crippen molar-refractivity contribution in [3.8, 4) is 5.75 Å². The molecule has 118 valence electrons. The lowest BCUT2D eigenvalue weighted by atomic mass is 10.1. The second-order valence-corrected chi connectivity index (χ2v) is 6.17. The third-order valence-corrected chi connectivity index (χ3v) is 4.06. The van der Waals surface area contributed by atoms with Crippen LogP contribution in [0.5, 0.6) is 5.75 Å². The molecule has 2 rings (SSSR count). The predicted molar refractivity (Wildman–Crippen MR) is 84.0 cm³/mol. The Hall–Kier alpha value is -0.810. The molecule has 1 unspecified atom stereocenters. The Balaban J connectivity index is 1.91. The van der Waals surface area contributed by atoms with Crippen molar-refractivity contribution in [3.63, 3.8) is 0 Å². The van der Waals surface area contributed by atoms with Gasteiger partial charge in [0.2, 0.25) is 0 Å². The van der Waals surface area contributed by atoms with Crippen molar-refractivity contribution in [3.05, 3.63) is 28.8 Å². The summed E-state index contributed by atoms with van der Waals surface area (Å²) < 4.78 is 11.5. The molecule has 0 radical (unpaired) electrons. The minimum Gasteiger partial charge on any atom is -0.489 e. The molecule has 1 N–H and O–H groups in total. The van der Waals surface area contributed by atoms with E-state index in [0.717, 1.165) is 25.3 Å². The fourth-order valence-corrected chi connectivity index (χ4v) is 2.63. The van der Waals surface area contributed by atoms with Crippen LogP contribution in [0.25, 0.3) is 0 Å². The Kier molecular flexibility index (Phi) is 5.88. The van der Waals surface area contributed by atoms with Crippen LogP contribution in [0.15, 0.2) is 18.2 Å². The number of aliphatic hydroxyl groups is 1. The van der Waals surface area contributed by atoms with E-state index in [1.807, 2.05) is 6.07 Å². The van der Waals surface area contributed by atoms with Crippen molar-refractivity contribution in [1.82, 2.24) is 4.90 Å². The number of ether oxygens (including phenoxy) is 2. The largest absolute Gasteiger partial charge is 0.489 e. The van der Waals surface area contributed by atoms with Gasteiger partial charge in [-0.25, -0.2) is 0 Å². The van der Waals surface area contributed by atoms with Gasteiger partial charge in [0.1, 0.15) is 18.5 Å². The third-order valence-electron chi connectivity index (χ3n) is 3.76. The molecule has 0 aromatic heterocycles. The van der Waals surface area contributed by atoms with E-state index in [-0.39, 0.29) is 6.10 Å². The average Bonchev–Trinajstić information content (AvgIpc) is 2.46. The molecular formula is C16H24ClNO3. The predicted octanol–water partition coefficient (Wildman–Crippen LogP) is 2.88. The summed E-state index contributed by atoms with van der Waals surface area (Å²) in [6.07, 6.45) is -0.466. The summed E-state index contributed by atoms with van der Waals surface area (Å²) in [4.78, 5) is 2.38. The number of hydrogen-bond donors (Lipinski definition) is 1. The molecule has 4 nitrogen and oxygen atoms in total. The van der Waals surface area contributed by atoms with E-state index in [0.29, 0.717) is 23.4 Å². The van der Waals surface area contributed by atoms with Gasteiger partial charge < -0.3 is 14.6 Å². The van der Waals surface area contributed by atoms with Crippen LogP contribution in [-0.4, -0.2) is 48.5 Å². The highest BCUT2D eigenvalue weighted by Gasteiger charge is 2.23. The van der Waals surface area contributed by atoms with Crippen molar-refractivity contribution in [1.29, 1.82) is 0 Å². The summed E-state index contributed by atoms with van der Waals surface area (Å²) in [5.74, 6) is 0.631. The van der Waals surface area contributed by atoms with Crippen molar-refractivity contribution < 1.29 is 14.6 Å². The fraction of sp³-hybridized carbons (Fsp3) is 0.625. The number of morpholine rings is 1. The Bertz CT molecular complexity index is 465. The second-order valence-electron chi connectivity index (χ2n) is 5.76. The van der Waals surface area contributed by atoms with Gasteiger partial charge >= 0.3 is 0 Å². The van der Waals surface area contributed by atoms with E-state index in [2.05, 4.69) is 18.7 Å². The van der Waals surface area contributed by atoms with E-state index in [4.69, 9.17) is 21.1 Å². The Morgan fingerprint density at radius 3 is 2.81 bits per heavy atom. The number of nitrogens with zero attached hydrogens (tertiary/aromatic N) is 1. The number of hydrogen-bond acceptors (Lipinski definition) is 4. The lowest BCUT2D eigenvalue weighted by Gasteiger charge is -2.35. The minimum absolute atomic E-state index is 0.0636. The zero-order chi connectivity index (χ0) is 15.4. The zero-order valence-corrected chi connectivity index (χ0v) is 13.6. The van der Waals surface area contributed by atoms with E-state index >= 15 is 0 Å². The molecular weight excluding hydrogens is 290 g/mol. The highest BCUT2D eigenvalue weighted by Crippen LogP contribution is 2.28. The Morgan fingerprint density at radius 2 is 2.19 bits per heavy atom. The summed E-state index contributed by atoms with van der Waals surface area (Å²) in [5, 5.41) is 10.0. The highest BCUT2D eigenvalue weighted by molar-refractivity contribution is 6.32. The van der Waals surface area contributed by atoms with Gasteiger partial charge in [0.05, 0.1) is 17.7 Å². The van der Waals surface area contributed by atoms with Gasteiger partial charge in [0.15, 0.2) is 0 Å². The van der Waals surface area contributed by atoms with Gasteiger partial charge in [0, 0.05) is 19.1 Å². The molecule has 2 atom stereocenters. The molecule has 1 saturated heterocycles. The van der Waals surface area contributed by atoms with Crippen molar-refractivity contribution in [2.75, 3.05) is 26.3 Å². The Labute approximate surface area is 131 Å².